The molecule has 1 N–H and O–H groups in total. The number of aromatic amines is 1. The summed E-state index contributed by atoms with van der Waals surface area (Å²) in [6.07, 6.45) is 5.08. The SMILES string of the molecule is C=O.CCCCc1nc(Cl)c[nH]1. The van der Waals surface area contributed by atoms with Gasteiger partial charge >= 0.3 is 0 Å². The zero-order chi connectivity index (χ0) is 9.40. The molecule has 0 aliphatic rings. The first-order valence-electron chi connectivity index (χ1n) is 3.81. The quantitative estimate of drug-likeness (QED) is 0.791. The van der Waals surface area contributed by atoms with Crippen molar-refractivity contribution in [1.82, 2.24) is 9.97 Å². The lowest BCUT2D eigenvalue weighted by atomic mass is 10.2. The summed E-state index contributed by atoms with van der Waals surface area (Å²) in [5.74, 6) is 0.992. The molecule has 12 heavy (non-hydrogen) atoms. The Balaban J connectivity index is 0.000000561. The van der Waals surface area contributed by atoms with Crippen LogP contribution < -0.4 is 0 Å². The van der Waals surface area contributed by atoms with Gasteiger partial charge in [-0.15, -0.1) is 0 Å². The van der Waals surface area contributed by atoms with Crippen molar-refractivity contribution >= 4 is 18.4 Å². The molecule has 0 radical (unpaired) electrons. The number of aryl methyl sites for hydroxylation is 1. The number of halogens is 1. The van der Waals surface area contributed by atoms with Gasteiger partial charge in [0.25, 0.3) is 0 Å². The molecule has 1 rings (SSSR count). The van der Waals surface area contributed by atoms with Gasteiger partial charge in [0.15, 0.2) is 0 Å². The Bertz CT molecular complexity index is 213. The largest absolute Gasteiger partial charge is 0.347 e. The van der Waals surface area contributed by atoms with Gasteiger partial charge in [-0.2, -0.15) is 0 Å². The molecule has 68 valence electrons. The summed E-state index contributed by atoms with van der Waals surface area (Å²) in [5.41, 5.74) is 0. The summed E-state index contributed by atoms with van der Waals surface area (Å²) in [6, 6.07) is 0. The smallest absolute Gasteiger partial charge is 0.147 e. The van der Waals surface area contributed by atoms with Crippen LogP contribution in [0.4, 0.5) is 0 Å². The number of rotatable bonds is 3. The van der Waals surface area contributed by atoms with E-state index in [1.165, 1.54) is 12.8 Å². The van der Waals surface area contributed by atoms with Crippen molar-refractivity contribution in [3.05, 3.63) is 17.2 Å². The number of carbonyl (C=O) groups is 1. The van der Waals surface area contributed by atoms with Crippen molar-refractivity contribution < 1.29 is 4.79 Å². The number of unbranched alkanes of at least 4 members (excludes halogenated alkanes) is 1. The van der Waals surface area contributed by atoms with E-state index in [-0.39, 0.29) is 0 Å². The lowest BCUT2D eigenvalue weighted by molar-refractivity contribution is -0.0979. The molecular formula is C8H13ClN2O. The third-order valence-electron chi connectivity index (χ3n) is 1.37. The molecule has 0 atom stereocenters. The molecule has 0 saturated carbocycles. The average molecular weight is 189 g/mol. The van der Waals surface area contributed by atoms with Crippen molar-refractivity contribution in [3.8, 4) is 0 Å². The second kappa shape index (κ2) is 6.85. The molecule has 1 aromatic heterocycles. The van der Waals surface area contributed by atoms with E-state index >= 15 is 0 Å². The summed E-state index contributed by atoms with van der Waals surface area (Å²) in [5, 5.41) is 0.561. The number of imidazole rings is 1. The van der Waals surface area contributed by atoms with E-state index in [1.54, 1.807) is 6.20 Å². The van der Waals surface area contributed by atoms with Crippen LogP contribution in [-0.2, 0) is 11.2 Å². The Morgan fingerprint density at radius 1 is 1.67 bits per heavy atom. The number of hydrogen-bond donors (Lipinski definition) is 1. The Kier molecular flexibility index (Phi) is 6.38. The highest BCUT2D eigenvalue weighted by atomic mass is 35.5. The monoisotopic (exact) mass is 188 g/mol. The van der Waals surface area contributed by atoms with E-state index in [2.05, 4.69) is 16.9 Å². The van der Waals surface area contributed by atoms with E-state index < -0.39 is 0 Å². The molecule has 0 unspecified atom stereocenters. The second-order valence-electron chi connectivity index (χ2n) is 2.27. The van der Waals surface area contributed by atoms with Gasteiger partial charge in [-0.25, -0.2) is 4.98 Å². The fraction of sp³-hybridized carbons (Fsp3) is 0.500. The summed E-state index contributed by atoms with van der Waals surface area (Å²) in [7, 11) is 0. The molecule has 3 nitrogen and oxygen atoms in total. The molecule has 0 fully saturated rings. The molecule has 1 aromatic rings. The minimum Gasteiger partial charge on any atom is -0.347 e. The minimum absolute atomic E-state index is 0.561. The summed E-state index contributed by atoms with van der Waals surface area (Å²) >= 11 is 5.60. The van der Waals surface area contributed by atoms with E-state index in [4.69, 9.17) is 16.4 Å². The van der Waals surface area contributed by atoms with Gasteiger partial charge in [-0.1, -0.05) is 24.9 Å². The minimum atomic E-state index is 0.561. The maximum Gasteiger partial charge on any atom is 0.147 e. The summed E-state index contributed by atoms with van der Waals surface area (Å²) in [6.45, 7) is 4.16. The van der Waals surface area contributed by atoms with Crippen LogP contribution in [0.15, 0.2) is 6.20 Å². The Morgan fingerprint density at radius 3 is 2.75 bits per heavy atom. The number of hydrogen-bond acceptors (Lipinski definition) is 2. The highest BCUT2D eigenvalue weighted by molar-refractivity contribution is 6.29. The predicted octanol–water partition coefficient (Wildman–Crippen LogP) is 2.22. The van der Waals surface area contributed by atoms with Gasteiger partial charge in [0.05, 0.1) is 0 Å². The lowest BCUT2D eigenvalue weighted by Crippen LogP contribution is -1.85. The third-order valence-corrected chi connectivity index (χ3v) is 1.56. The highest BCUT2D eigenvalue weighted by Gasteiger charge is 1.95. The molecule has 0 saturated heterocycles. The maximum absolute atomic E-state index is 8.00. The first-order chi connectivity index (χ1) is 5.83. The standard InChI is InChI=1S/C7H11ClN2.CH2O/c1-2-3-4-7-9-5-6(8)10-7;1-2/h5H,2-4H2,1H3,(H,9,10);1H2. The number of H-pyrrole nitrogens is 1. The lowest BCUT2D eigenvalue weighted by Gasteiger charge is -1.90. The zero-order valence-corrected chi connectivity index (χ0v) is 7.90. The van der Waals surface area contributed by atoms with Gasteiger partial charge in [-0.3, -0.25) is 0 Å². The van der Waals surface area contributed by atoms with Crippen molar-refractivity contribution in [2.24, 2.45) is 0 Å². The molecule has 0 amide bonds. The molecule has 4 heteroatoms. The average Bonchev–Trinajstić information content (AvgIpc) is 2.51. The topological polar surface area (TPSA) is 45.8 Å². The summed E-state index contributed by atoms with van der Waals surface area (Å²) in [4.78, 5) is 15.1. The van der Waals surface area contributed by atoms with E-state index in [0.717, 1.165) is 12.2 Å². The Labute approximate surface area is 77.2 Å². The highest BCUT2D eigenvalue weighted by Crippen LogP contribution is 2.05. The molecule has 1 heterocycles. The van der Waals surface area contributed by atoms with Gasteiger partial charge in [0.2, 0.25) is 0 Å². The molecule has 0 aliphatic heterocycles. The summed E-state index contributed by atoms with van der Waals surface area (Å²) < 4.78 is 0. The number of nitrogens with zero attached hydrogens (tertiary/aromatic N) is 1. The van der Waals surface area contributed by atoms with Crippen molar-refractivity contribution in [2.45, 2.75) is 26.2 Å². The first kappa shape index (κ1) is 11.2. The van der Waals surface area contributed by atoms with E-state index in [1.807, 2.05) is 6.79 Å². The van der Waals surface area contributed by atoms with E-state index in [9.17, 15) is 0 Å². The van der Waals surface area contributed by atoms with Crippen LogP contribution in [0.3, 0.4) is 0 Å². The van der Waals surface area contributed by atoms with Gasteiger partial charge in [-0.05, 0) is 6.42 Å². The van der Waals surface area contributed by atoms with Crippen LogP contribution in [0.25, 0.3) is 0 Å². The molecule has 0 bridgehead atoms. The van der Waals surface area contributed by atoms with Crippen LogP contribution >= 0.6 is 11.6 Å². The second-order valence-corrected chi connectivity index (χ2v) is 2.66. The Morgan fingerprint density at radius 2 is 2.33 bits per heavy atom. The molecule has 0 aromatic carbocycles. The number of carbonyl (C=O) groups excluding carboxylic acids is 1. The fourth-order valence-corrected chi connectivity index (χ4v) is 0.965. The van der Waals surface area contributed by atoms with Gasteiger partial charge in [0.1, 0.15) is 17.8 Å². The first-order valence-corrected chi connectivity index (χ1v) is 4.19. The predicted molar refractivity (Wildman–Crippen MR) is 49.3 cm³/mol. The van der Waals surface area contributed by atoms with Crippen molar-refractivity contribution in [2.75, 3.05) is 0 Å². The van der Waals surface area contributed by atoms with Gasteiger partial charge in [0, 0.05) is 12.6 Å². The normalized spacial score (nSPS) is 8.83. The zero-order valence-electron chi connectivity index (χ0n) is 7.14. The third kappa shape index (κ3) is 4.13. The fourth-order valence-electron chi connectivity index (χ4n) is 0.809. The van der Waals surface area contributed by atoms with Crippen LogP contribution in [0.2, 0.25) is 5.15 Å². The van der Waals surface area contributed by atoms with Crippen molar-refractivity contribution in [1.29, 1.82) is 0 Å². The van der Waals surface area contributed by atoms with Gasteiger partial charge < -0.3 is 9.78 Å². The van der Waals surface area contributed by atoms with Crippen LogP contribution in [-0.4, -0.2) is 16.8 Å². The molecule has 0 aliphatic carbocycles. The number of aromatic nitrogens is 2. The Hall–Kier alpha value is -0.830. The number of nitrogens with one attached hydrogen (secondary N) is 1. The van der Waals surface area contributed by atoms with Crippen LogP contribution in [0.5, 0.6) is 0 Å². The molecular weight excluding hydrogens is 176 g/mol. The van der Waals surface area contributed by atoms with E-state index in [0.29, 0.717) is 5.15 Å². The maximum atomic E-state index is 8.00. The van der Waals surface area contributed by atoms with Crippen LogP contribution in [0, 0.1) is 0 Å². The van der Waals surface area contributed by atoms with Crippen LogP contribution in [0.1, 0.15) is 25.6 Å². The molecule has 0 spiro atoms. The van der Waals surface area contributed by atoms with Crippen molar-refractivity contribution in [3.63, 3.8) is 0 Å².